The van der Waals surface area contributed by atoms with E-state index >= 15 is 0 Å². The van der Waals surface area contributed by atoms with E-state index in [0.29, 0.717) is 19.8 Å². The molecule has 4 rings (SSSR count). The van der Waals surface area contributed by atoms with Crippen molar-refractivity contribution < 1.29 is 22.0 Å². The van der Waals surface area contributed by atoms with E-state index in [1.165, 1.54) is 24.3 Å². The number of benzene rings is 2. The number of hydrogen-bond donors (Lipinski definition) is 1. The molecule has 1 fully saturated rings. The fraction of sp³-hybridized carbons (Fsp3) is 0.478. The molecule has 0 bridgehead atoms. The predicted octanol–water partition coefficient (Wildman–Crippen LogP) is 6.00. The highest BCUT2D eigenvalue weighted by atomic mass is 19.4. The minimum Gasteiger partial charge on any atom is -0.313 e. The molecule has 2 aliphatic rings. The molecule has 0 spiro atoms. The van der Waals surface area contributed by atoms with E-state index in [0.717, 1.165) is 36.1 Å². The standard InChI is InChI=1S/C22H22F5N.CH4/c1-20(24,22(25,26)27)16-6-7-18-15(12-16)5-8-19-21(18,9-10-28-19)13-14-3-2-4-17(23)11-14;/h2-4,6-7,11-12,19,28H,5,8-10,13H2,1H3;1H4. The molecule has 0 radical (unpaired) electrons. The Hall–Kier alpha value is -1.95. The van der Waals surface area contributed by atoms with Crippen molar-refractivity contribution >= 4 is 0 Å². The molecule has 3 unspecified atom stereocenters. The van der Waals surface area contributed by atoms with Crippen molar-refractivity contribution in [3.8, 4) is 0 Å². The van der Waals surface area contributed by atoms with Crippen LogP contribution >= 0.6 is 0 Å². The van der Waals surface area contributed by atoms with Gasteiger partial charge in [-0.15, -0.1) is 0 Å². The van der Waals surface area contributed by atoms with Crippen molar-refractivity contribution in [2.45, 2.75) is 63.3 Å². The van der Waals surface area contributed by atoms with Crippen LogP contribution in [0.1, 0.15) is 49.4 Å². The molecular formula is C23H26F5N. The zero-order valence-corrected chi connectivity index (χ0v) is 15.5. The van der Waals surface area contributed by atoms with Gasteiger partial charge in [-0.05, 0) is 73.5 Å². The number of rotatable bonds is 3. The summed E-state index contributed by atoms with van der Waals surface area (Å²) in [4.78, 5) is 0. The monoisotopic (exact) mass is 411 g/mol. The van der Waals surface area contributed by atoms with Gasteiger partial charge in [-0.1, -0.05) is 37.8 Å². The van der Waals surface area contributed by atoms with Crippen LogP contribution in [0.3, 0.4) is 0 Å². The average molecular weight is 411 g/mol. The first-order chi connectivity index (χ1) is 13.1. The van der Waals surface area contributed by atoms with Gasteiger partial charge in [0.1, 0.15) is 5.82 Å². The number of halogens is 5. The maximum Gasteiger partial charge on any atom is 0.426 e. The molecule has 1 saturated heterocycles. The lowest BCUT2D eigenvalue weighted by molar-refractivity contribution is -0.228. The molecule has 1 aliphatic heterocycles. The summed E-state index contributed by atoms with van der Waals surface area (Å²) >= 11 is 0. The van der Waals surface area contributed by atoms with Gasteiger partial charge in [0.25, 0.3) is 0 Å². The van der Waals surface area contributed by atoms with Crippen LogP contribution < -0.4 is 5.32 Å². The van der Waals surface area contributed by atoms with Gasteiger partial charge in [0, 0.05) is 11.5 Å². The van der Waals surface area contributed by atoms with Crippen molar-refractivity contribution in [2.24, 2.45) is 0 Å². The third-order valence-corrected chi connectivity index (χ3v) is 6.46. The van der Waals surface area contributed by atoms with Gasteiger partial charge in [-0.25, -0.2) is 8.78 Å². The minimum absolute atomic E-state index is 0. The topological polar surface area (TPSA) is 12.0 Å². The van der Waals surface area contributed by atoms with Crippen LogP contribution in [-0.2, 0) is 23.9 Å². The van der Waals surface area contributed by atoms with E-state index in [1.54, 1.807) is 12.1 Å². The highest BCUT2D eigenvalue weighted by Gasteiger charge is 2.54. The molecule has 6 heteroatoms. The zero-order valence-electron chi connectivity index (χ0n) is 15.5. The van der Waals surface area contributed by atoms with E-state index in [4.69, 9.17) is 0 Å². The van der Waals surface area contributed by atoms with E-state index < -0.39 is 11.8 Å². The van der Waals surface area contributed by atoms with E-state index in [2.05, 4.69) is 5.32 Å². The molecule has 2 aromatic carbocycles. The lowest BCUT2D eigenvalue weighted by atomic mass is 9.63. The van der Waals surface area contributed by atoms with Crippen LogP contribution in [-0.4, -0.2) is 18.8 Å². The van der Waals surface area contributed by atoms with E-state index in [9.17, 15) is 22.0 Å². The smallest absolute Gasteiger partial charge is 0.313 e. The summed E-state index contributed by atoms with van der Waals surface area (Å²) in [6, 6.07) is 10.9. The maximum absolute atomic E-state index is 14.5. The quantitative estimate of drug-likeness (QED) is 0.611. The highest BCUT2D eigenvalue weighted by molar-refractivity contribution is 5.45. The van der Waals surface area contributed by atoms with Gasteiger partial charge in [-0.3, -0.25) is 0 Å². The third kappa shape index (κ3) is 3.56. The minimum atomic E-state index is -4.97. The Morgan fingerprint density at radius 3 is 2.55 bits per heavy atom. The summed E-state index contributed by atoms with van der Waals surface area (Å²) < 4.78 is 67.6. The van der Waals surface area contributed by atoms with Crippen molar-refractivity contribution in [1.29, 1.82) is 0 Å². The molecule has 3 atom stereocenters. The fourth-order valence-electron chi connectivity index (χ4n) is 4.90. The Morgan fingerprint density at radius 1 is 1.10 bits per heavy atom. The molecule has 29 heavy (non-hydrogen) atoms. The third-order valence-electron chi connectivity index (χ3n) is 6.46. The Labute approximate surface area is 168 Å². The highest BCUT2D eigenvalue weighted by Crippen LogP contribution is 2.48. The second-order valence-corrected chi connectivity index (χ2v) is 8.13. The Bertz CT molecular complexity index is 889. The summed E-state index contributed by atoms with van der Waals surface area (Å²) in [5.74, 6) is -0.304. The SMILES string of the molecule is C.CC(F)(c1ccc2c(c1)CCC1NCCC21Cc1cccc(F)c1)C(F)(F)F. The molecule has 1 nitrogen and oxygen atoms in total. The zero-order chi connectivity index (χ0) is 20.2. The molecule has 1 aliphatic carbocycles. The summed E-state index contributed by atoms with van der Waals surface area (Å²) in [7, 11) is 0. The lowest BCUT2D eigenvalue weighted by Gasteiger charge is -2.42. The van der Waals surface area contributed by atoms with Crippen LogP contribution in [0.2, 0.25) is 0 Å². The second kappa shape index (κ2) is 7.38. The van der Waals surface area contributed by atoms with Gasteiger partial charge in [0.2, 0.25) is 5.67 Å². The summed E-state index contributed by atoms with van der Waals surface area (Å²) in [5, 5.41) is 3.50. The number of aryl methyl sites for hydroxylation is 1. The van der Waals surface area contributed by atoms with Crippen molar-refractivity contribution in [3.63, 3.8) is 0 Å². The number of nitrogens with one attached hydrogen (secondary N) is 1. The first-order valence-corrected chi connectivity index (χ1v) is 9.51. The lowest BCUT2D eigenvalue weighted by Crippen LogP contribution is -2.46. The normalized spacial score (nSPS) is 25.5. The molecule has 0 saturated carbocycles. The van der Waals surface area contributed by atoms with Crippen molar-refractivity contribution in [2.75, 3.05) is 6.54 Å². The molecule has 1 N–H and O–H groups in total. The van der Waals surface area contributed by atoms with Crippen LogP contribution in [0, 0.1) is 5.82 Å². The molecule has 158 valence electrons. The van der Waals surface area contributed by atoms with Crippen molar-refractivity contribution in [1.82, 2.24) is 5.32 Å². The van der Waals surface area contributed by atoms with Gasteiger partial charge in [0.15, 0.2) is 0 Å². The van der Waals surface area contributed by atoms with Gasteiger partial charge in [-0.2, -0.15) is 13.2 Å². The van der Waals surface area contributed by atoms with Crippen LogP contribution in [0.5, 0.6) is 0 Å². The van der Waals surface area contributed by atoms with Gasteiger partial charge < -0.3 is 5.32 Å². The van der Waals surface area contributed by atoms with E-state index in [1.807, 2.05) is 6.07 Å². The second-order valence-electron chi connectivity index (χ2n) is 8.13. The average Bonchev–Trinajstić information content (AvgIpc) is 3.04. The number of hydrogen-bond acceptors (Lipinski definition) is 1. The predicted molar refractivity (Wildman–Crippen MR) is 104 cm³/mol. The maximum atomic E-state index is 14.5. The molecule has 0 amide bonds. The van der Waals surface area contributed by atoms with Gasteiger partial charge >= 0.3 is 6.18 Å². The number of fused-ring (bicyclic) bond motifs is 3. The number of alkyl halides is 4. The van der Waals surface area contributed by atoms with Crippen LogP contribution in [0.15, 0.2) is 42.5 Å². The summed E-state index contributed by atoms with van der Waals surface area (Å²) in [6.07, 6.45) is -2.19. The Morgan fingerprint density at radius 2 is 1.86 bits per heavy atom. The van der Waals surface area contributed by atoms with E-state index in [-0.39, 0.29) is 30.3 Å². The molecular weight excluding hydrogens is 385 g/mol. The summed E-state index contributed by atoms with van der Waals surface area (Å²) in [5.41, 5.74) is -1.48. The largest absolute Gasteiger partial charge is 0.426 e. The molecule has 2 aromatic rings. The van der Waals surface area contributed by atoms with Crippen LogP contribution in [0.25, 0.3) is 0 Å². The summed E-state index contributed by atoms with van der Waals surface area (Å²) in [6.45, 7) is 1.37. The van der Waals surface area contributed by atoms with Crippen molar-refractivity contribution in [3.05, 3.63) is 70.5 Å². The molecule has 0 aromatic heterocycles. The first-order valence-electron chi connectivity index (χ1n) is 9.51. The van der Waals surface area contributed by atoms with Gasteiger partial charge in [0.05, 0.1) is 0 Å². The Balaban J connectivity index is 0.00000240. The van der Waals surface area contributed by atoms with Crippen LogP contribution in [0.4, 0.5) is 22.0 Å². The fourth-order valence-corrected chi connectivity index (χ4v) is 4.90. The molecule has 1 heterocycles. The first kappa shape index (κ1) is 21.8. The Kier molecular flexibility index (Phi) is 5.54.